The number of nitrogens with one attached hydrogen (secondary N) is 1. The summed E-state index contributed by atoms with van der Waals surface area (Å²) in [6.45, 7) is 6.58. The third-order valence-corrected chi connectivity index (χ3v) is 6.55. The molecule has 7 nitrogen and oxygen atoms in total. The van der Waals surface area contributed by atoms with Gasteiger partial charge >= 0.3 is 5.69 Å². The first kappa shape index (κ1) is 24.4. The highest BCUT2D eigenvalue weighted by molar-refractivity contribution is 8.00. The first-order valence-corrected chi connectivity index (χ1v) is 12.0. The number of H-pyrrole nitrogens is 1. The van der Waals surface area contributed by atoms with Crippen LogP contribution in [0.5, 0.6) is 0 Å². The van der Waals surface area contributed by atoms with E-state index in [1.54, 1.807) is 0 Å². The molecule has 3 rings (SSSR count). The van der Waals surface area contributed by atoms with E-state index in [2.05, 4.69) is 11.1 Å². The molecule has 33 heavy (non-hydrogen) atoms. The minimum absolute atomic E-state index is 0.0120. The number of carbonyl (C=O) groups is 1. The zero-order valence-corrected chi connectivity index (χ0v) is 20.1. The monoisotopic (exact) mass is 466 g/mol. The molecule has 3 aromatic rings. The summed E-state index contributed by atoms with van der Waals surface area (Å²) in [6.07, 6.45) is 1.59. The predicted octanol–water partition coefficient (Wildman–Crippen LogP) is 3.86. The summed E-state index contributed by atoms with van der Waals surface area (Å²) in [5.41, 5.74) is 8.20. The summed E-state index contributed by atoms with van der Waals surface area (Å²) in [5.74, 6) is -0.122. The van der Waals surface area contributed by atoms with Gasteiger partial charge in [-0.15, -0.1) is 11.8 Å². The van der Waals surface area contributed by atoms with Gasteiger partial charge < -0.3 is 5.73 Å². The Hall–Kier alpha value is -3.26. The van der Waals surface area contributed by atoms with Gasteiger partial charge in [-0.2, -0.15) is 0 Å². The Bertz CT molecular complexity index is 1230. The number of hydrogen-bond donors (Lipinski definition) is 2. The van der Waals surface area contributed by atoms with Crippen molar-refractivity contribution in [2.45, 2.75) is 51.6 Å². The molecule has 0 spiro atoms. The summed E-state index contributed by atoms with van der Waals surface area (Å²) in [5, 5.41) is 0. The lowest BCUT2D eigenvalue weighted by Crippen LogP contribution is -2.41. The van der Waals surface area contributed by atoms with E-state index in [-0.39, 0.29) is 29.7 Å². The molecule has 174 valence electrons. The summed E-state index contributed by atoms with van der Waals surface area (Å²) < 4.78 is 1.34. The zero-order chi connectivity index (χ0) is 24.0. The second-order valence-corrected chi connectivity index (χ2v) is 9.04. The molecule has 3 N–H and O–H groups in total. The van der Waals surface area contributed by atoms with Crippen LogP contribution >= 0.6 is 11.8 Å². The maximum atomic E-state index is 13.4. The van der Waals surface area contributed by atoms with Crippen LogP contribution in [-0.4, -0.2) is 21.2 Å². The largest absolute Gasteiger partial charge is 0.383 e. The highest BCUT2D eigenvalue weighted by atomic mass is 32.2. The van der Waals surface area contributed by atoms with Gasteiger partial charge in [0.2, 0.25) is 5.91 Å². The number of aromatic amines is 1. The number of aryl methyl sites for hydroxylation is 2. The molecule has 1 heterocycles. The smallest absolute Gasteiger partial charge is 0.330 e. The first-order valence-electron chi connectivity index (χ1n) is 11.0. The maximum Gasteiger partial charge on any atom is 0.330 e. The van der Waals surface area contributed by atoms with Crippen molar-refractivity contribution in [2.75, 3.05) is 16.4 Å². The lowest BCUT2D eigenvalue weighted by molar-refractivity contribution is -0.116. The van der Waals surface area contributed by atoms with Gasteiger partial charge in [-0.25, -0.2) is 4.79 Å². The minimum Gasteiger partial charge on any atom is -0.383 e. The molecule has 1 amide bonds. The number of benzene rings is 2. The summed E-state index contributed by atoms with van der Waals surface area (Å²) in [6, 6.07) is 15.5. The molecule has 2 aromatic carbocycles. The topological polar surface area (TPSA) is 101 Å². The van der Waals surface area contributed by atoms with Gasteiger partial charge in [0.15, 0.2) is 5.69 Å². The lowest BCUT2D eigenvalue weighted by atomic mass is 10.2. The van der Waals surface area contributed by atoms with Crippen LogP contribution < -0.4 is 21.9 Å². The van der Waals surface area contributed by atoms with Gasteiger partial charge in [0.25, 0.3) is 5.56 Å². The fourth-order valence-electron chi connectivity index (χ4n) is 3.61. The quantitative estimate of drug-likeness (QED) is 0.466. The Morgan fingerprint density at radius 1 is 1.12 bits per heavy atom. The Morgan fingerprint density at radius 2 is 1.85 bits per heavy atom. The van der Waals surface area contributed by atoms with Crippen LogP contribution in [0.25, 0.3) is 0 Å². The molecule has 0 unspecified atom stereocenters. The molecular weight excluding hydrogens is 436 g/mol. The first-order chi connectivity index (χ1) is 15.8. The van der Waals surface area contributed by atoms with Crippen molar-refractivity contribution in [1.29, 1.82) is 0 Å². The zero-order valence-electron chi connectivity index (χ0n) is 19.3. The van der Waals surface area contributed by atoms with E-state index >= 15 is 0 Å². The number of aromatic nitrogens is 2. The van der Waals surface area contributed by atoms with Crippen molar-refractivity contribution in [1.82, 2.24) is 9.55 Å². The van der Waals surface area contributed by atoms with Gasteiger partial charge in [0.05, 0.1) is 12.3 Å². The van der Waals surface area contributed by atoms with Crippen molar-refractivity contribution in [3.8, 4) is 0 Å². The van der Waals surface area contributed by atoms with Gasteiger partial charge in [-0.1, -0.05) is 61.4 Å². The molecule has 0 saturated carbocycles. The third kappa shape index (κ3) is 5.96. The Labute approximate surface area is 197 Å². The molecule has 0 aliphatic rings. The molecule has 0 aliphatic heterocycles. The fourth-order valence-corrected chi connectivity index (χ4v) is 4.50. The number of carbonyl (C=O) groups excluding carboxylic acids is 1. The van der Waals surface area contributed by atoms with E-state index in [4.69, 9.17) is 5.73 Å². The SMILES string of the molecule is CCCCn1c(N)c(N(Cc2ccccc2)C(=O)CSc2ccc(C)cc2C)c(=O)[nH]c1=O. The number of hydrogen-bond acceptors (Lipinski definition) is 5. The minimum atomic E-state index is -0.661. The molecule has 0 radical (unpaired) electrons. The predicted molar refractivity (Wildman–Crippen MR) is 135 cm³/mol. The van der Waals surface area contributed by atoms with Crippen LogP contribution in [0.15, 0.2) is 63.0 Å². The highest BCUT2D eigenvalue weighted by Crippen LogP contribution is 2.26. The number of amides is 1. The molecule has 0 saturated heterocycles. The van der Waals surface area contributed by atoms with Crippen molar-refractivity contribution in [3.63, 3.8) is 0 Å². The summed E-state index contributed by atoms with van der Waals surface area (Å²) in [7, 11) is 0. The number of thioether (sulfide) groups is 1. The van der Waals surface area contributed by atoms with Crippen LogP contribution in [0.3, 0.4) is 0 Å². The Morgan fingerprint density at radius 3 is 2.52 bits per heavy atom. The van der Waals surface area contributed by atoms with Crippen molar-refractivity contribution < 1.29 is 4.79 Å². The van der Waals surface area contributed by atoms with Crippen molar-refractivity contribution in [3.05, 3.63) is 86.1 Å². The third-order valence-electron chi connectivity index (χ3n) is 5.39. The van der Waals surface area contributed by atoms with Crippen molar-refractivity contribution in [2.24, 2.45) is 0 Å². The van der Waals surface area contributed by atoms with Crippen LogP contribution in [0.2, 0.25) is 0 Å². The van der Waals surface area contributed by atoms with E-state index in [0.717, 1.165) is 34.4 Å². The summed E-state index contributed by atoms with van der Waals surface area (Å²) in [4.78, 5) is 43.4. The number of nitrogens with zero attached hydrogens (tertiary/aromatic N) is 2. The normalized spacial score (nSPS) is 10.9. The van der Waals surface area contributed by atoms with Gasteiger partial charge in [0.1, 0.15) is 5.82 Å². The molecule has 1 aromatic heterocycles. The average molecular weight is 467 g/mol. The van der Waals surface area contributed by atoms with Gasteiger partial charge in [-0.3, -0.25) is 24.0 Å². The molecule has 0 atom stereocenters. The average Bonchev–Trinajstić information content (AvgIpc) is 2.78. The second-order valence-electron chi connectivity index (χ2n) is 8.02. The van der Waals surface area contributed by atoms with E-state index in [9.17, 15) is 14.4 Å². The van der Waals surface area contributed by atoms with Crippen LogP contribution in [0, 0.1) is 13.8 Å². The van der Waals surface area contributed by atoms with Gasteiger partial charge in [-0.05, 0) is 37.5 Å². The van der Waals surface area contributed by atoms with Crippen molar-refractivity contribution >= 4 is 29.2 Å². The van der Waals surface area contributed by atoms with E-state index in [1.807, 2.05) is 63.2 Å². The molecule has 0 bridgehead atoms. The fraction of sp³-hybridized carbons (Fsp3) is 0.320. The lowest BCUT2D eigenvalue weighted by Gasteiger charge is -2.25. The number of unbranched alkanes of at least 4 members (excludes halogenated alkanes) is 1. The molecule has 0 aliphatic carbocycles. The summed E-state index contributed by atoms with van der Waals surface area (Å²) >= 11 is 1.42. The number of nitrogens with two attached hydrogens (primary N) is 1. The standard InChI is InChI=1S/C25H30N4O3S/c1-4-5-13-28-23(26)22(24(31)27-25(28)32)29(15-19-9-7-6-8-10-19)21(30)16-33-20-12-11-17(2)14-18(20)3/h6-12,14H,4-5,13,15-16,26H2,1-3H3,(H,27,31,32). The highest BCUT2D eigenvalue weighted by Gasteiger charge is 2.24. The number of nitrogen functional groups attached to an aromatic ring is 1. The van der Waals surface area contributed by atoms with E-state index in [0.29, 0.717) is 6.54 Å². The van der Waals surface area contributed by atoms with Crippen LogP contribution in [-0.2, 0) is 17.9 Å². The van der Waals surface area contributed by atoms with Gasteiger partial charge in [0, 0.05) is 11.4 Å². The number of anilines is 2. The van der Waals surface area contributed by atoms with Crippen LogP contribution in [0.1, 0.15) is 36.5 Å². The second kappa shape index (κ2) is 11.0. The molecular formula is C25H30N4O3S. The molecule has 0 fully saturated rings. The van der Waals surface area contributed by atoms with Crippen LogP contribution in [0.4, 0.5) is 11.5 Å². The Balaban J connectivity index is 1.98. The van der Waals surface area contributed by atoms with E-state index < -0.39 is 11.2 Å². The van der Waals surface area contributed by atoms with E-state index in [1.165, 1.54) is 21.2 Å². The maximum absolute atomic E-state index is 13.4. The molecule has 8 heteroatoms. The number of rotatable bonds is 9. The Kier molecular flexibility index (Phi) is 8.16.